The summed E-state index contributed by atoms with van der Waals surface area (Å²) in [5, 5.41) is 1.51. The van der Waals surface area contributed by atoms with Crippen molar-refractivity contribution >= 4 is 43.9 Å². The van der Waals surface area contributed by atoms with Crippen LogP contribution in [0, 0.1) is 0 Å². The van der Waals surface area contributed by atoms with E-state index in [2.05, 4.69) is 24.0 Å². The molecule has 5 rings (SSSR count). The molecule has 1 aliphatic rings. The topological polar surface area (TPSA) is 54.8 Å². The van der Waals surface area contributed by atoms with Gasteiger partial charge in [0.1, 0.15) is 10.3 Å². The third-order valence-electron chi connectivity index (χ3n) is 6.58. The number of aromatic nitrogens is 1. The molecule has 0 atom stereocenters. The molecule has 2 aromatic carbocycles. The van der Waals surface area contributed by atoms with Gasteiger partial charge in [0.15, 0.2) is 5.75 Å². The minimum Gasteiger partial charge on any atom is -0.494 e. The number of carbonyl (C=O) groups is 1. The predicted octanol–water partition coefficient (Wildman–Crippen LogP) is 4.99. The Morgan fingerprint density at radius 1 is 1.00 bits per heavy atom. The molecular weight excluding hydrogens is 446 g/mol. The second-order valence-electron chi connectivity index (χ2n) is 8.61. The fourth-order valence-corrected chi connectivity index (χ4v) is 6.03. The van der Waals surface area contributed by atoms with Crippen molar-refractivity contribution < 1.29 is 9.53 Å². The Kier molecular flexibility index (Phi) is 6.28. The molecule has 0 saturated carbocycles. The first-order valence-corrected chi connectivity index (χ1v) is 12.7. The number of benzene rings is 2. The Morgan fingerprint density at radius 3 is 2.41 bits per heavy atom. The van der Waals surface area contributed by atoms with Crippen LogP contribution in [-0.2, 0) is 6.54 Å². The van der Waals surface area contributed by atoms with Gasteiger partial charge in [-0.3, -0.25) is 9.59 Å². The first-order chi connectivity index (χ1) is 16.6. The number of ether oxygens (including phenoxy) is 1. The molecule has 4 aromatic rings. The van der Waals surface area contributed by atoms with Crippen molar-refractivity contribution in [3.63, 3.8) is 0 Å². The number of fused-ring (bicyclic) bond motifs is 3. The summed E-state index contributed by atoms with van der Waals surface area (Å²) in [6, 6.07) is 18.2. The molecular formula is C27H29N3O3S. The zero-order valence-electron chi connectivity index (χ0n) is 19.6. The molecule has 3 heterocycles. The predicted molar refractivity (Wildman–Crippen MR) is 140 cm³/mol. The number of thiophene rings is 1. The first-order valence-electron chi connectivity index (χ1n) is 11.8. The number of aryl methyl sites for hydroxylation is 1. The summed E-state index contributed by atoms with van der Waals surface area (Å²) >= 11 is 1.38. The van der Waals surface area contributed by atoms with E-state index >= 15 is 0 Å². The van der Waals surface area contributed by atoms with Crippen LogP contribution >= 0.6 is 11.3 Å². The number of nitrogens with zero attached hydrogens (tertiary/aromatic N) is 3. The minimum atomic E-state index is -0.0804. The number of methoxy groups -OCH3 is 1. The van der Waals surface area contributed by atoms with Gasteiger partial charge >= 0.3 is 0 Å². The second kappa shape index (κ2) is 9.50. The normalized spacial score (nSPS) is 14.2. The molecule has 6 nitrogen and oxygen atoms in total. The lowest BCUT2D eigenvalue weighted by Gasteiger charge is -2.36. The van der Waals surface area contributed by atoms with Crippen molar-refractivity contribution in [3.8, 4) is 5.75 Å². The average Bonchev–Trinajstić information content (AvgIpc) is 3.29. The molecule has 1 saturated heterocycles. The van der Waals surface area contributed by atoms with Gasteiger partial charge in [0.2, 0.25) is 0 Å². The van der Waals surface area contributed by atoms with E-state index in [1.54, 1.807) is 7.11 Å². The van der Waals surface area contributed by atoms with Gasteiger partial charge in [-0.05, 0) is 24.6 Å². The highest BCUT2D eigenvalue weighted by Gasteiger charge is 2.29. The van der Waals surface area contributed by atoms with E-state index in [4.69, 9.17) is 4.74 Å². The molecule has 0 spiro atoms. The molecule has 0 N–H and O–H groups in total. The van der Waals surface area contributed by atoms with Crippen molar-refractivity contribution in [2.24, 2.45) is 0 Å². The molecule has 34 heavy (non-hydrogen) atoms. The number of carbonyl (C=O) groups excluding carboxylic acids is 1. The van der Waals surface area contributed by atoms with E-state index in [0.717, 1.165) is 41.5 Å². The van der Waals surface area contributed by atoms with Gasteiger partial charge in [-0.2, -0.15) is 0 Å². The van der Waals surface area contributed by atoms with Crippen LogP contribution in [0.2, 0.25) is 0 Å². The summed E-state index contributed by atoms with van der Waals surface area (Å²) in [5.41, 5.74) is 2.00. The zero-order chi connectivity index (χ0) is 23.7. The van der Waals surface area contributed by atoms with Gasteiger partial charge < -0.3 is 19.1 Å². The minimum absolute atomic E-state index is 0.0608. The number of rotatable bonds is 6. The lowest BCUT2D eigenvalue weighted by atomic mass is 10.1. The highest BCUT2D eigenvalue weighted by molar-refractivity contribution is 7.22. The standard InChI is InChI=1S/C27H29N3O3S/c1-3-4-14-30-21-13-9-8-12-20(21)24-22(26(30)31)23(33-2)25(34-24)27(32)29-17-15-28(16-18-29)19-10-6-5-7-11-19/h5-13H,3-4,14-18H2,1-2H3. The van der Waals surface area contributed by atoms with Crippen LogP contribution in [0.3, 0.4) is 0 Å². The van der Waals surface area contributed by atoms with Gasteiger partial charge in [-0.15, -0.1) is 11.3 Å². The summed E-state index contributed by atoms with van der Waals surface area (Å²) in [7, 11) is 1.55. The Balaban J connectivity index is 1.53. The van der Waals surface area contributed by atoms with Crippen LogP contribution in [0.1, 0.15) is 29.4 Å². The molecule has 1 aliphatic heterocycles. The van der Waals surface area contributed by atoms with Crippen LogP contribution in [0.5, 0.6) is 5.75 Å². The van der Waals surface area contributed by atoms with Crippen molar-refractivity contribution in [2.75, 3.05) is 38.2 Å². The van der Waals surface area contributed by atoms with Gasteiger partial charge in [0.25, 0.3) is 11.5 Å². The maximum Gasteiger partial charge on any atom is 0.267 e. The number of pyridine rings is 1. The molecule has 176 valence electrons. The molecule has 0 aliphatic carbocycles. The van der Waals surface area contributed by atoms with E-state index in [-0.39, 0.29) is 11.5 Å². The van der Waals surface area contributed by atoms with Crippen molar-refractivity contribution in [1.82, 2.24) is 9.47 Å². The average molecular weight is 476 g/mol. The van der Waals surface area contributed by atoms with Crippen LogP contribution < -0.4 is 15.2 Å². The zero-order valence-corrected chi connectivity index (χ0v) is 20.4. The van der Waals surface area contributed by atoms with Gasteiger partial charge in [0, 0.05) is 43.8 Å². The summed E-state index contributed by atoms with van der Waals surface area (Å²) in [4.78, 5) is 31.9. The molecule has 0 unspecified atom stereocenters. The van der Waals surface area contributed by atoms with Crippen LogP contribution in [0.25, 0.3) is 21.0 Å². The molecule has 1 fully saturated rings. The third kappa shape index (κ3) is 3.84. The first kappa shape index (κ1) is 22.5. The Bertz CT molecular complexity index is 1390. The van der Waals surface area contributed by atoms with Gasteiger partial charge in [0.05, 0.1) is 17.3 Å². The lowest BCUT2D eigenvalue weighted by Crippen LogP contribution is -2.48. The van der Waals surface area contributed by atoms with E-state index in [1.165, 1.54) is 17.0 Å². The largest absolute Gasteiger partial charge is 0.494 e. The van der Waals surface area contributed by atoms with E-state index in [1.807, 2.05) is 51.9 Å². The number of anilines is 1. The summed E-state index contributed by atoms with van der Waals surface area (Å²) < 4.78 is 8.40. The van der Waals surface area contributed by atoms with Crippen molar-refractivity contribution in [3.05, 3.63) is 69.8 Å². The quantitative estimate of drug-likeness (QED) is 0.394. The fraction of sp³-hybridized carbons (Fsp3) is 0.333. The highest BCUT2D eigenvalue weighted by atomic mass is 32.1. The molecule has 0 radical (unpaired) electrons. The molecule has 1 amide bonds. The van der Waals surface area contributed by atoms with E-state index < -0.39 is 0 Å². The number of hydrogen-bond donors (Lipinski definition) is 0. The summed E-state index contributed by atoms with van der Waals surface area (Å²) in [6.45, 7) is 5.57. The van der Waals surface area contributed by atoms with Crippen LogP contribution in [0.15, 0.2) is 59.4 Å². The number of para-hydroxylation sites is 2. The lowest BCUT2D eigenvalue weighted by molar-refractivity contribution is 0.0749. The summed E-state index contributed by atoms with van der Waals surface area (Å²) in [5.74, 6) is 0.353. The second-order valence-corrected chi connectivity index (χ2v) is 9.63. The van der Waals surface area contributed by atoms with Crippen molar-refractivity contribution in [1.29, 1.82) is 0 Å². The summed E-state index contributed by atoms with van der Waals surface area (Å²) in [6.07, 6.45) is 1.91. The van der Waals surface area contributed by atoms with Gasteiger partial charge in [-0.1, -0.05) is 49.7 Å². The van der Waals surface area contributed by atoms with E-state index in [0.29, 0.717) is 35.6 Å². The van der Waals surface area contributed by atoms with Crippen LogP contribution in [0.4, 0.5) is 5.69 Å². The number of unbranched alkanes of at least 4 members (excludes halogenated alkanes) is 1. The third-order valence-corrected chi connectivity index (χ3v) is 7.78. The molecule has 7 heteroatoms. The number of amides is 1. The Morgan fingerprint density at radius 2 is 1.71 bits per heavy atom. The molecule has 2 aromatic heterocycles. The fourth-order valence-electron chi connectivity index (χ4n) is 4.77. The van der Waals surface area contributed by atoms with Crippen molar-refractivity contribution in [2.45, 2.75) is 26.3 Å². The molecule has 0 bridgehead atoms. The number of hydrogen-bond acceptors (Lipinski definition) is 5. The SMILES string of the molecule is CCCCn1c(=O)c2c(OC)c(C(=O)N3CCN(c4ccccc4)CC3)sc2c2ccccc21. The van der Waals surface area contributed by atoms with E-state index in [9.17, 15) is 9.59 Å². The van der Waals surface area contributed by atoms with Gasteiger partial charge in [-0.25, -0.2) is 0 Å². The van der Waals surface area contributed by atoms with Crippen LogP contribution in [-0.4, -0.2) is 48.7 Å². The maximum atomic E-state index is 13.6. The maximum absolute atomic E-state index is 13.6. The smallest absolute Gasteiger partial charge is 0.267 e. The monoisotopic (exact) mass is 475 g/mol. The highest BCUT2D eigenvalue weighted by Crippen LogP contribution is 2.40. The number of piperazine rings is 1. The Labute approximate surface area is 203 Å². The Hall–Kier alpha value is -3.32.